The maximum Gasteiger partial charge on any atom is 0.255 e. The molecule has 1 aromatic carbocycles. The Morgan fingerprint density at radius 3 is 2.23 bits per heavy atom. The van der Waals surface area contributed by atoms with Crippen LogP contribution in [-0.4, -0.2) is 44.6 Å². The van der Waals surface area contributed by atoms with Crippen LogP contribution in [0, 0.1) is 6.92 Å². The Bertz CT molecular complexity index is 774. The predicted molar refractivity (Wildman–Crippen MR) is 93.5 cm³/mol. The monoisotopic (exact) mass is 362 g/mol. The minimum atomic E-state index is -0.636. The molecule has 0 aliphatic heterocycles. The maximum absolute atomic E-state index is 12.7. The molecule has 8 nitrogen and oxygen atoms in total. The molecule has 2 rings (SSSR count). The van der Waals surface area contributed by atoms with Gasteiger partial charge < -0.3 is 29.3 Å². The highest BCUT2D eigenvalue weighted by Crippen LogP contribution is 2.38. The molecule has 0 fully saturated rings. The highest BCUT2D eigenvalue weighted by atomic mass is 16.5. The van der Waals surface area contributed by atoms with E-state index in [4.69, 9.17) is 24.4 Å². The fourth-order valence-electron chi connectivity index (χ4n) is 2.38. The number of nitrogens with zero attached hydrogens (tertiary/aromatic N) is 1. The molecule has 2 aromatic rings. The van der Waals surface area contributed by atoms with Gasteiger partial charge in [0.2, 0.25) is 5.75 Å². The summed E-state index contributed by atoms with van der Waals surface area (Å²) in [5.74, 6) is 1.29. The first kappa shape index (κ1) is 19.2. The zero-order valence-electron chi connectivity index (χ0n) is 15.2. The molecule has 0 spiro atoms. The molecule has 2 amide bonds. The summed E-state index contributed by atoms with van der Waals surface area (Å²) < 4.78 is 21.4. The van der Waals surface area contributed by atoms with Gasteiger partial charge in [-0.3, -0.25) is 9.59 Å². The lowest BCUT2D eigenvalue weighted by molar-refractivity contribution is -0.120. The van der Waals surface area contributed by atoms with Crippen LogP contribution >= 0.6 is 0 Å². The zero-order valence-corrected chi connectivity index (χ0v) is 15.2. The van der Waals surface area contributed by atoms with Crippen molar-refractivity contribution in [1.29, 1.82) is 0 Å². The number of amides is 2. The molecular formula is C18H22N2O6. The van der Waals surface area contributed by atoms with Crippen molar-refractivity contribution < 1.29 is 28.2 Å². The first-order valence-electron chi connectivity index (χ1n) is 7.83. The van der Waals surface area contributed by atoms with Crippen LogP contribution in [0.2, 0.25) is 0 Å². The van der Waals surface area contributed by atoms with Gasteiger partial charge in [-0.25, -0.2) is 0 Å². The molecule has 2 N–H and O–H groups in total. The smallest absolute Gasteiger partial charge is 0.255 e. The van der Waals surface area contributed by atoms with Crippen LogP contribution in [0.3, 0.4) is 0 Å². The number of benzene rings is 1. The van der Waals surface area contributed by atoms with Gasteiger partial charge in [-0.05, 0) is 31.2 Å². The van der Waals surface area contributed by atoms with Crippen LogP contribution < -0.4 is 19.9 Å². The van der Waals surface area contributed by atoms with Gasteiger partial charge in [0.25, 0.3) is 11.8 Å². The van der Waals surface area contributed by atoms with E-state index < -0.39 is 5.91 Å². The lowest BCUT2D eigenvalue weighted by atomic mass is 10.1. The van der Waals surface area contributed by atoms with Crippen molar-refractivity contribution in [2.45, 2.75) is 13.5 Å². The topological polar surface area (TPSA) is 104 Å². The van der Waals surface area contributed by atoms with Crippen LogP contribution in [0.1, 0.15) is 21.9 Å². The van der Waals surface area contributed by atoms with E-state index in [0.29, 0.717) is 17.9 Å². The number of carbonyl (C=O) groups excluding carboxylic acids is 2. The van der Waals surface area contributed by atoms with E-state index in [-0.39, 0.29) is 29.8 Å². The number of hydrogen-bond acceptors (Lipinski definition) is 6. The third-order valence-electron chi connectivity index (χ3n) is 3.60. The van der Waals surface area contributed by atoms with E-state index in [0.717, 1.165) is 5.76 Å². The lowest BCUT2D eigenvalue weighted by Crippen LogP contribution is -2.26. The number of methoxy groups -OCH3 is 2. The minimum Gasteiger partial charge on any atom is -0.493 e. The van der Waals surface area contributed by atoms with Crippen LogP contribution in [0.25, 0.3) is 0 Å². The lowest BCUT2D eigenvalue weighted by Gasteiger charge is -2.19. The fraction of sp³-hybridized carbons (Fsp3) is 0.333. The summed E-state index contributed by atoms with van der Waals surface area (Å²) in [5.41, 5.74) is 5.44. The molecule has 0 atom stereocenters. The number of hydrogen-bond donors (Lipinski definition) is 1. The van der Waals surface area contributed by atoms with Crippen molar-refractivity contribution in [1.82, 2.24) is 4.90 Å². The predicted octanol–water partition coefficient (Wildman–Crippen LogP) is 1.74. The molecular weight excluding hydrogens is 340 g/mol. The van der Waals surface area contributed by atoms with Gasteiger partial charge in [0, 0.05) is 12.6 Å². The molecule has 1 aromatic heterocycles. The van der Waals surface area contributed by atoms with Crippen LogP contribution in [0.15, 0.2) is 28.7 Å². The summed E-state index contributed by atoms with van der Waals surface area (Å²) in [6.45, 7) is 1.82. The normalized spacial score (nSPS) is 10.3. The van der Waals surface area contributed by atoms with E-state index >= 15 is 0 Å². The van der Waals surface area contributed by atoms with Crippen molar-refractivity contribution in [3.8, 4) is 17.2 Å². The number of primary amides is 1. The average molecular weight is 362 g/mol. The Morgan fingerprint density at radius 2 is 1.77 bits per heavy atom. The van der Waals surface area contributed by atoms with Crippen molar-refractivity contribution in [2.24, 2.45) is 5.73 Å². The molecule has 0 saturated carbocycles. The Hall–Kier alpha value is -3.16. The highest BCUT2D eigenvalue weighted by molar-refractivity contribution is 5.95. The Kier molecular flexibility index (Phi) is 6.11. The summed E-state index contributed by atoms with van der Waals surface area (Å²) in [6.07, 6.45) is 0. The van der Waals surface area contributed by atoms with Crippen molar-refractivity contribution >= 4 is 11.8 Å². The van der Waals surface area contributed by atoms with E-state index in [2.05, 4.69) is 0 Å². The maximum atomic E-state index is 12.7. The third kappa shape index (κ3) is 4.47. The molecule has 0 unspecified atom stereocenters. The molecule has 26 heavy (non-hydrogen) atoms. The van der Waals surface area contributed by atoms with Crippen molar-refractivity contribution in [3.05, 3.63) is 41.3 Å². The second-order valence-corrected chi connectivity index (χ2v) is 5.64. The summed E-state index contributed by atoms with van der Waals surface area (Å²) in [6, 6.07) is 6.70. The van der Waals surface area contributed by atoms with Gasteiger partial charge in [-0.15, -0.1) is 0 Å². The largest absolute Gasteiger partial charge is 0.493 e. The SMILES string of the molecule is COc1cc(C(=O)N(C)Cc2ccc(C)o2)cc(OC)c1OCC(N)=O. The average Bonchev–Trinajstić information content (AvgIpc) is 3.02. The van der Waals surface area contributed by atoms with Gasteiger partial charge in [0.1, 0.15) is 11.5 Å². The van der Waals surface area contributed by atoms with Crippen LogP contribution in [0.4, 0.5) is 0 Å². The summed E-state index contributed by atoms with van der Waals surface area (Å²) in [4.78, 5) is 25.2. The standard InChI is InChI=1S/C18H22N2O6/c1-11-5-6-13(26-11)9-20(2)18(22)12-7-14(23-3)17(15(8-12)24-4)25-10-16(19)21/h5-8H,9-10H2,1-4H3,(H2,19,21). The highest BCUT2D eigenvalue weighted by Gasteiger charge is 2.21. The first-order valence-corrected chi connectivity index (χ1v) is 7.83. The van der Waals surface area contributed by atoms with E-state index in [1.807, 2.05) is 19.1 Å². The van der Waals surface area contributed by atoms with Gasteiger partial charge >= 0.3 is 0 Å². The van der Waals surface area contributed by atoms with Crippen molar-refractivity contribution in [3.63, 3.8) is 0 Å². The number of carbonyl (C=O) groups is 2. The summed E-state index contributed by atoms with van der Waals surface area (Å²) in [7, 11) is 4.52. The van der Waals surface area contributed by atoms with Crippen molar-refractivity contribution in [2.75, 3.05) is 27.9 Å². The second kappa shape index (κ2) is 8.28. The zero-order chi connectivity index (χ0) is 19.3. The van der Waals surface area contributed by atoms with Crippen LogP contribution in [0.5, 0.6) is 17.2 Å². The first-order chi connectivity index (χ1) is 12.3. The van der Waals surface area contributed by atoms with E-state index in [9.17, 15) is 9.59 Å². The number of rotatable bonds is 8. The Labute approximate surface area is 151 Å². The Balaban J connectivity index is 2.27. The summed E-state index contributed by atoms with van der Waals surface area (Å²) in [5, 5.41) is 0. The van der Waals surface area contributed by atoms with Gasteiger partial charge in [0.15, 0.2) is 18.1 Å². The summed E-state index contributed by atoms with van der Waals surface area (Å²) >= 11 is 0. The molecule has 8 heteroatoms. The second-order valence-electron chi connectivity index (χ2n) is 5.64. The molecule has 0 aliphatic carbocycles. The molecule has 0 bridgehead atoms. The number of aryl methyl sites for hydroxylation is 1. The number of ether oxygens (including phenoxy) is 3. The molecule has 140 valence electrons. The molecule has 1 heterocycles. The quantitative estimate of drug-likeness (QED) is 0.767. The Morgan fingerprint density at radius 1 is 1.15 bits per heavy atom. The fourth-order valence-corrected chi connectivity index (χ4v) is 2.38. The minimum absolute atomic E-state index is 0.203. The van der Waals surface area contributed by atoms with Gasteiger partial charge in [-0.2, -0.15) is 0 Å². The van der Waals surface area contributed by atoms with Gasteiger partial charge in [0.05, 0.1) is 20.8 Å². The molecule has 0 aliphatic rings. The van der Waals surface area contributed by atoms with Gasteiger partial charge in [-0.1, -0.05) is 0 Å². The molecule has 0 saturated heterocycles. The number of furan rings is 1. The van der Waals surface area contributed by atoms with E-state index in [1.165, 1.54) is 31.3 Å². The third-order valence-corrected chi connectivity index (χ3v) is 3.60. The van der Waals surface area contributed by atoms with Crippen LogP contribution in [-0.2, 0) is 11.3 Å². The van der Waals surface area contributed by atoms with E-state index in [1.54, 1.807) is 7.05 Å². The number of nitrogens with two attached hydrogens (primary N) is 1. The molecule has 0 radical (unpaired) electrons.